The van der Waals surface area contributed by atoms with Crippen molar-refractivity contribution in [2.75, 3.05) is 19.8 Å². The summed E-state index contributed by atoms with van der Waals surface area (Å²) in [6, 6.07) is 8.27. The van der Waals surface area contributed by atoms with Gasteiger partial charge in [0.2, 0.25) is 10.0 Å². The first kappa shape index (κ1) is 13.9. The third kappa shape index (κ3) is 5.12. The first-order valence-corrected chi connectivity index (χ1v) is 6.88. The van der Waals surface area contributed by atoms with Gasteiger partial charge in [-0.3, -0.25) is 0 Å². The van der Waals surface area contributed by atoms with Gasteiger partial charge in [-0.15, -0.1) is 6.58 Å². The highest BCUT2D eigenvalue weighted by atomic mass is 32.2. The summed E-state index contributed by atoms with van der Waals surface area (Å²) in [7, 11) is -3.40. The summed E-state index contributed by atoms with van der Waals surface area (Å²) in [6.45, 7) is 4.77. The van der Waals surface area contributed by atoms with E-state index in [0.717, 1.165) is 6.42 Å². The van der Waals surface area contributed by atoms with Crippen LogP contribution in [-0.2, 0) is 14.8 Å². The second kappa shape index (κ2) is 7.21. The number of hydrogen-bond donors (Lipinski definition) is 1. The van der Waals surface area contributed by atoms with E-state index in [1.807, 2.05) is 0 Å². The maximum Gasteiger partial charge on any atom is 0.240 e. The fourth-order valence-electron chi connectivity index (χ4n) is 1.20. The molecule has 0 aliphatic heterocycles. The lowest BCUT2D eigenvalue weighted by Crippen LogP contribution is -2.27. The molecule has 17 heavy (non-hydrogen) atoms. The van der Waals surface area contributed by atoms with Crippen molar-refractivity contribution in [3.05, 3.63) is 43.0 Å². The van der Waals surface area contributed by atoms with Gasteiger partial charge in [-0.25, -0.2) is 13.1 Å². The molecule has 0 aliphatic carbocycles. The lowest BCUT2D eigenvalue weighted by Gasteiger charge is -2.06. The van der Waals surface area contributed by atoms with Crippen LogP contribution in [0.2, 0.25) is 0 Å². The summed E-state index contributed by atoms with van der Waals surface area (Å²) in [6.07, 6.45) is 2.53. The van der Waals surface area contributed by atoms with Crippen molar-refractivity contribution in [2.24, 2.45) is 0 Å². The third-order valence-electron chi connectivity index (χ3n) is 2.06. The Morgan fingerprint density at radius 1 is 1.24 bits per heavy atom. The van der Waals surface area contributed by atoms with E-state index in [2.05, 4.69) is 11.3 Å². The van der Waals surface area contributed by atoms with Gasteiger partial charge in [-0.2, -0.15) is 0 Å². The van der Waals surface area contributed by atoms with Crippen LogP contribution in [0.4, 0.5) is 0 Å². The Kier molecular flexibility index (Phi) is 5.90. The number of ether oxygens (including phenoxy) is 1. The minimum absolute atomic E-state index is 0.270. The van der Waals surface area contributed by atoms with Crippen molar-refractivity contribution in [2.45, 2.75) is 11.3 Å². The molecule has 0 heterocycles. The van der Waals surface area contributed by atoms with Crippen LogP contribution in [0.3, 0.4) is 0 Å². The zero-order chi connectivity index (χ0) is 12.6. The first-order chi connectivity index (χ1) is 8.17. The molecule has 1 aromatic carbocycles. The minimum atomic E-state index is -3.40. The van der Waals surface area contributed by atoms with Gasteiger partial charge in [-0.05, 0) is 18.6 Å². The van der Waals surface area contributed by atoms with Crippen molar-refractivity contribution < 1.29 is 13.2 Å². The van der Waals surface area contributed by atoms with Gasteiger partial charge in [0.25, 0.3) is 0 Å². The molecule has 0 aromatic heterocycles. The highest BCUT2D eigenvalue weighted by molar-refractivity contribution is 7.89. The van der Waals surface area contributed by atoms with Crippen LogP contribution in [0.5, 0.6) is 0 Å². The van der Waals surface area contributed by atoms with Gasteiger partial charge in [0.1, 0.15) is 0 Å². The second-order valence-electron chi connectivity index (χ2n) is 3.40. The van der Waals surface area contributed by atoms with E-state index >= 15 is 0 Å². The molecule has 1 rings (SSSR count). The predicted molar refractivity (Wildman–Crippen MR) is 67.3 cm³/mol. The van der Waals surface area contributed by atoms with Crippen LogP contribution in [0.25, 0.3) is 0 Å². The van der Waals surface area contributed by atoms with Gasteiger partial charge in [0.15, 0.2) is 0 Å². The standard InChI is InChI=1S/C12H17NO3S/c1-2-3-10-16-11-9-13-17(14,15)12-7-5-4-6-8-12/h2,4-8,13H,1,3,9-11H2. The minimum Gasteiger partial charge on any atom is -0.380 e. The van der Waals surface area contributed by atoms with E-state index in [1.165, 1.54) is 0 Å². The number of sulfonamides is 1. The van der Waals surface area contributed by atoms with Gasteiger partial charge >= 0.3 is 0 Å². The smallest absolute Gasteiger partial charge is 0.240 e. The van der Waals surface area contributed by atoms with E-state index in [0.29, 0.717) is 13.2 Å². The van der Waals surface area contributed by atoms with E-state index in [9.17, 15) is 8.42 Å². The van der Waals surface area contributed by atoms with Crippen molar-refractivity contribution in [3.8, 4) is 0 Å². The van der Waals surface area contributed by atoms with Gasteiger partial charge in [-0.1, -0.05) is 24.3 Å². The van der Waals surface area contributed by atoms with Crippen LogP contribution in [0, 0.1) is 0 Å². The van der Waals surface area contributed by atoms with Crippen LogP contribution in [0.15, 0.2) is 47.9 Å². The van der Waals surface area contributed by atoms with E-state index in [-0.39, 0.29) is 11.4 Å². The lowest BCUT2D eigenvalue weighted by molar-refractivity contribution is 0.144. The van der Waals surface area contributed by atoms with E-state index in [1.54, 1.807) is 36.4 Å². The van der Waals surface area contributed by atoms with Crippen LogP contribution in [-0.4, -0.2) is 28.2 Å². The topological polar surface area (TPSA) is 55.4 Å². The van der Waals surface area contributed by atoms with Crippen LogP contribution in [0.1, 0.15) is 6.42 Å². The Morgan fingerprint density at radius 2 is 1.94 bits per heavy atom. The molecule has 94 valence electrons. The molecule has 0 saturated carbocycles. The molecule has 5 heteroatoms. The molecule has 0 spiro atoms. The monoisotopic (exact) mass is 255 g/mol. The molecule has 4 nitrogen and oxygen atoms in total. The second-order valence-corrected chi connectivity index (χ2v) is 5.17. The molecular formula is C12H17NO3S. The van der Waals surface area contributed by atoms with E-state index in [4.69, 9.17) is 4.74 Å². The molecule has 0 amide bonds. The number of nitrogens with one attached hydrogen (secondary N) is 1. The Bertz CT molecular complexity index is 428. The van der Waals surface area contributed by atoms with Crippen molar-refractivity contribution >= 4 is 10.0 Å². The third-order valence-corrected chi connectivity index (χ3v) is 3.54. The zero-order valence-electron chi connectivity index (χ0n) is 9.63. The summed E-state index contributed by atoms with van der Waals surface area (Å²) in [4.78, 5) is 0.270. The highest BCUT2D eigenvalue weighted by Gasteiger charge is 2.11. The van der Waals surface area contributed by atoms with E-state index < -0.39 is 10.0 Å². The SMILES string of the molecule is C=CCCOCCNS(=O)(=O)c1ccccc1. The highest BCUT2D eigenvalue weighted by Crippen LogP contribution is 2.06. The van der Waals surface area contributed by atoms with Crippen LogP contribution >= 0.6 is 0 Å². The summed E-state index contributed by atoms with van der Waals surface area (Å²) in [5.74, 6) is 0. The maximum absolute atomic E-state index is 11.7. The van der Waals surface area contributed by atoms with Crippen molar-refractivity contribution in [1.29, 1.82) is 0 Å². The summed E-state index contributed by atoms with van der Waals surface area (Å²) >= 11 is 0. The average molecular weight is 255 g/mol. The predicted octanol–water partition coefficient (Wildman–Crippen LogP) is 1.56. The van der Waals surface area contributed by atoms with Crippen LogP contribution < -0.4 is 4.72 Å². The lowest BCUT2D eigenvalue weighted by atomic mass is 10.4. The summed E-state index contributed by atoms with van der Waals surface area (Å²) in [5, 5.41) is 0. The number of hydrogen-bond acceptors (Lipinski definition) is 3. The maximum atomic E-state index is 11.7. The van der Waals surface area contributed by atoms with Crippen molar-refractivity contribution in [3.63, 3.8) is 0 Å². The Balaban J connectivity index is 2.34. The molecule has 0 aliphatic rings. The molecule has 1 N–H and O–H groups in total. The molecular weight excluding hydrogens is 238 g/mol. The first-order valence-electron chi connectivity index (χ1n) is 5.40. The molecule has 0 bridgehead atoms. The molecule has 0 fully saturated rings. The Labute approximate surface area is 102 Å². The fourth-order valence-corrected chi connectivity index (χ4v) is 2.23. The number of rotatable bonds is 8. The molecule has 1 aromatic rings. The normalized spacial score (nSPS) is 11.3. The zero-order valence-corrected chi connectivity index (χ0v) is 10.4. The van der Waals surface area contributed by atoms with Crippen molar-refractivity contribution in [1.82, 2.24) is 4.72 Å². The number of benzene rings is 1. The summed E-state index contributed by atoms with van der Waals surface area (Å²) in [5.41, 5.74) is 0. The van der Waals surface area contributed by atoms with Gasteiger partial charge in [0, 0.05) is 6.54 Å². The molecule has 0 unspecified atom stereocenters. The Hall–Kier alpha value is -1.17. The largest absolute Gasteiger partial charge is 0.380 e. The molecule has 0 atom stereocenters. The molecule has 0 radical (unpaired) electrons. The molecule has 0 saturated heterocycles. The summed E-state index contributed by atoms with van der Waals surface area (Å²) < 4.78 is 31.2. The average Bonchev–Trinajstić information content (AvgIpc) is 2.35. The van der Waals surface area contributed by atoms with Gasteiger partial charge in [0.05, 0.1) is 18.1 Å². The Morgan fingerprint density at radius 3 is 2.59 bits per heavy atom. The van der Waals surface area contributed by atoms with Gasteiger partial charge < -0.3 is 4.74 Å². The quantitative estimate of drug-likeness (QED) is 0.566. The fraction of sp³-hybridized carbons (Fsp3) is 0.333.